The van der Waals surface area contributed by atoms with Gasteiger partial charge in [0.15, 0.2) is 0 Å². The van der Waals surface area contributed by atoms with Crippen LogP contribution in [0, 0.1) is 0 Å². The number of nitrogen functional groups attached to an aromatic ring is 1. The van der Waals surface area contributed by atoms with Crippen molar-refractivity contribution in [1.82, 2.24) is 4.98 Å². The van der Waals surface area contributed by atoms with Crippen molar-refractivity contribution in [1.29, 1.82) is 0 Å². The van der Waals surface area contributed by atoms with Gasteiger partial charge in [0.1, 0.15) is 0 Å². The number of nitrogens with zero attached hydrogens (tertiary/aromatic N) is 1. The maximum atomic E-state index is 5.80. The van der Waals surface area contributed by atoms with Crippen LogP contribution in [0.1, 0.15) is 0 Å². The number of aromatic nitrogens is 1. The molecular weight excluding hydrogens is 268 g/mol. The van der Waals surface area contributed by atoms with Crippen molar-refractivity contribution in [2.75, 3.05) is 5.73 Å². The second-order valence-electron chi connectivity index (χ2n) is 4.16. The summed E-state index contributed by atoms with van der Waals surface area (Å²) in [5.41, 5.74) is 8.43. The average molecular weight is 283 g/mol. The van der Waals surface area contributed by atoms with Crippen molar-refractivity contribution in [3.05, 3.63) is 84.1 Å². The Bertz CT molecular complexity index is 622. The molecule has 2 N–H and O–H groups in total. The second-order valence-corrected chi connectivity index (χ2v) is 4.60. The van der Waals surface area contributed by atoms with Gasteiger partial charge in [0.2, 0.25) is 0 Å². The molecule has 0 aliphatic heterocycles. The number of hydrogen-bond acceptors (Lipinski definition) is 2. The largest absolute Gasteiger partial charge is 0.397 e. The van der Waals surface area contributed by atoms with Gasteiger partial charge in [-0.3, -0.25) is 4.98 Å². The molecule has 1 aromatic heterocycles. The van der Waals surface area contributed by atoms with E-state index in [1.165, 1.54) is 11.1 Å². The van der Waals surface area contributed by atoms with Crippen LogP contribution < -0.4 is 5.73 Å². The van der Waals surface area contributed by atoms with Gasteiger partial charge in [0.25, 0.3) is 0 Å². The number of anilines is 1. The van der Waals surface area contributed by atoms with Gasteiger partial charge in [-0.05, 0) is 35.4 Å². The maximum Gasteiger partial charge on any atom is 0.0500 e. The van der Waals surface area contributed by atoms with Crippen LogP contribution in [-0.2, 0) is 0 Å². The Kier molecular flexibility index (Phi) is 5.15. The molecule has 0 atom stereocenters. The Morgan fingerprint density at radius 1 is 0.750 bits per heavy atom. The predicted octanol–water partition coefficient (Wildman–Crippen LogP) is 4.67. The van der Waals surface area contributed by atoms with E-state index in [0.717, 1.165) is 5.02 Å². The third-order valence-corrected chi connectivity index (χ3v) is 2.89. The van der Waals surface area contributed by atoms with Gasteiger partial charge in [0, 0.05) is 17.4 Å². The monoisotopic (exact) mass is 282 g/mol. The number of benzene rings is 2. The Morgan fingerprint density at radius 3 is 1.90 bits per heavy atom. The quantitative estimate of drug-likeness (QED) is 0.704. The van der Waals surface area contributed by atoms with Crippen LogP contribution in [0.4, 0.5) is 5.69 Å². The molecular formula is C17H15ClN2. The van der Waals surface area contributed by atoms with E-state index in [9.17, 15) is 0 Å². The molecule has 2 nitrogen and oxygen atoms in total. The lowest BCUT2D eigenvalue weighted by Crippen LogP contribution is -1.82. The van der Waals surface area contributed by atoms with E-state index < -0.39 is 0 Å². The molecule has 2 aromatic carbocycles. The Morgan fingerprint density at radius 2 is 1.40 bits per heavy atom. The van der Waals surface area contributed by atoms with Crippen LogP contribution in [-0.4, -0.2) is 4.98 Å². The molecule has 100 valence electrons. The molecule has 3 aromatic rings. The first-order chi connectivity index (χ1) is 9.75. The van der Waals surface area contributed by atoms with Gasteiger partial charge >= 0.3 is 0 Å². The predicted molar refractivity (Wildman–Crippen MR) is 85.5 cm³/mol. The van der Waals surface area contributed by atoms with Crippen LogP contribution in [0.25, 0.3) is 11.1 Å². The molecule has 20 heavy (non-hydrogen) atoms. The molecule has 0 radical (unpaired) electrons. The van der Waals surface area contributed by atoms with Gasteiger partial charge in [0.05, 0.1) is 5.69 Å². The normalized spacial score (nSPS) is 9.45. The van der Waals surface area contributed by atoms with Crippen molar-refractivity contribution >= 4 is 17.3 Å². The summed E-state index contributed by atoms with van der Waals surface area (Å²) in [5.74, 6) is 0. The number of rotatable bonds is 1. The third kappa shape index (κ3) is 4.41. The highest BCUT2D eigenvalue weighted by Gasteiger charge is 1.94. The third-order valence-electron chi connectivity index (χ3n) is 2.64. The molecule has 0 bridgehead atoms. The molecule has 0 unspecified atom stereocenters. The van der Waals surface area contributed by atoms with E-state index >= 15 is 0 Å². The zero-order chi connectivity index (χ0) is 14.2. The minimum absolute atomic E-state index is 0.711. The summed E-state index contributed by atoms with van der Waals surface area (Å²) in [6.45, 7) is 0. The van der Waals surface area contributed by atoms with Gasteiger partial charge in [-0.15, -0.1) is 0 Å². The highest BCUT2D eigenvalue weighted by atomic mass is 35.5. The van der Waals surface area contributed by atoms with E-state index in [1.54, 1.807) is 24.5 Å². The van der Waals surface area contributed by atoms with Crippen molar-refractivity contribution in [2.45, 2.75) is 0 Å². The summed E-state index contributed by atoms with van der Waals surface area (Å²) in [6.07, 6.45) is 3.30. The molecule has 0 saturated heterocycles. The lowest BCUT2D eigenvalue weighted by molar-refractivity contribution is 1.33. The number of halogens is 1. The molecule has 3 heteroatoms. The van der Waals surface area contributed by atoms with E-state index in [1.807, 2.05) is 42.5 Å². The zero-order valence-electron chi connectivity index (χ0n) is 10.9. The summed E-state index contributed by atoms with van der Waals surface area (Å²) in [5, 5.41) is 0.777. The SMILES string of the molecule is Clc1ccc(-c2ccccc2)cc1.Nc1cccnc1. The molecule has 0 aliphatic carbocycles. The molecule has 0 aliphatic rings. The highest BCUT2D eigenvalue weighted by molar-refractivity contribution is 6.30. The summed E-state index contributed by atoms with van der Waals surface area (Å²) >= 11 is 5.80. The topological polar surface area (TPSA) is 38.9 Å². The highest BCUT2D eigenvalue weighted by Crippen LogP contribution is 2.20. The molecule has 0 spiro atoms. The fraction of sp³-hybridized carbons (Fsp3) is 0. The second kappa shape index (κ2) is 7.31. The van der Waals surface area contributed by atoms with Crippen molar-refractivity contribution < 1.29 is 0 Å². The van der Waals surface area contributed by atoms with Crippen LogP contribution in [0.3, 0.4) is 0 Å². The molecule has 3 rings (SSSR count). The standard InChI is InChI=1S/C12H9Cl.C5H6N2/c13-12-8-6-11(7-9-12)10-4-2-1-3-5-10;6-5-2-1-3-7-4-5/h1-9H;1-4H,6H2. The Balaban J connectivity index is 0.000000178. The number of hydrogen-bond donors (Lipinski definition) is 1. The minimum Gasteiger partial charge on any atom is -0.397 e. The van der Waals surface area contributed by atoms with E-state index in [0.29, 0.717) is 5.69 Å². The molecule has 0 fully saturated rings. The summed E-state index contributed by atoms with van der Waals surface area (Å²) in [6, 6.07) is 21.7. The van der Waals surface area contributed by atoms with Crippen LogP contribution >= 0.6 is 11.6 Å². The first kappa shape index (κ1) is 14.1. The first-order valence-corrected chi connectivity index (χ1v) is 6.60. The first-order valence-electron chi connectivity index (χ1n) is 6.22. The number of nitrogens with two attached hydrogens (primary N) is 1. The van der Waals surface area contributed by atoms with Crippen LogP contribution in [0.2, 0.25) is 5.02 Å². The van der Waals surface area contributed by atoms with E-state index in [4.69, 9.17) is 17.3 Å². The lowest BCUT2D eigenvalue weighted by atomic mass is 10.1. The zero-order valence-corrected chi connectivity index (χ0v) is 11.7. The maximum absolute atomic E-state index is 5.80. The summed E-state index contributed by atoms with van der Waals surface area (Å²) < 4.78 is 0. The fourth-order valence-corrected chi connectivity index (χ4v) is 1.77. The fourth-order valence-electron chi connectivity index (χ4n) is 1.65. The minimum atomic E-state index is 0.711. The van der Waals surface area contributed by atoms with E-state index in [2.05, 4.69) is 17.1 Å². The van der Waals surface area contributed by atoms with Gasteiger partial charge in [-0.1, -0.05) is 54.1 Å². The van der Waals surface area contributed by atoms with E-state index in [-0.39, 0.29) is 0 Å². The van der Waals surface area contributed by atoms with Crippen molar-refractivity contribution in [2.24, 2.45) is 0 Å². The number of pyridine rings is 1. The summed E-state index contributed by atoms with van der Waals surface area (Å²) in [4.78, 5) is 3.76. The molecule has 1 heterocycles. The molecule has 0 saturated carbocycles. The van der Waals surface area contributed by atoms with Crippen molar-refractivity contribution in [3.63, 3.8) is 0 Å². The Hall–Kier alpha value is -2.32. The Labute approximate surface area is 123 Å². The average Bonchev–Trinajstić information content (AvgIpc) is 2.50. The smallest absolute Gasteiger partial charge is 0.0500 e. The summed E-state index contributed by atoms with van der Waals surface area (Å²) in [7, 11) is 0. The lowest BCUT2D eigenvalue weighted by Gasteiger charge is -2.00. The van der Waals surface area contributed by atoms with Gasteiger partial charge < -0.3 is 5.73 Å². The van der Waals surface area contributed by atoms with Crippen LogP contribution in [0.5, 0.6) is 0 Å². The molecule has 0 amide bonds. The van der Waals surface area contributed by atoms with Gasteiger partial charge in [-0.2, -0.15) is 0 Å². The van der Waals surface area contributed by atoms with Crippen molar-refractivity contribution in [3.8, 4) is 11.1 Å². The van der Waals surface area contributed by atoms with Gasteiger partial charge in [-0.25, -0.2) is 0 Å². The van der Waals surface area contributed by atoms with Crippen LogP contribution in [0.15, 0.2) is 79.1 Å².